The lowest BCUT2D eigenvalue weighted by Gasteiger charge is -2.28. The number of hydrogen-bond acceptors (Lipinski definition) is 4. The first-order chi connectivity index (χ1) is 11.9. The van der Waals surface area contributed by atoms with Crippen molar-refractivity contribution in [3.05, 3.63) is 34.2 Å². The molecule has 1 aliphatic heterocycles. The van der Waals surface area contributed by atoms with Crippen molar-refractivity contribution in [2.75, 3.05) is 0 Å². The second kappa shape index (κ2) is 5.54. The number of carbonyl (C=O) groups excluding carboxylic acids is 2. The van der Waals surface area contributed by atoms with E-state index < -0.39 is 0 Å². The van der Waals surface area contributed by atoms with Gasteiger partial charge in [0.25, 0.3) is 5.91 Å². The molecule has 0 aromatic carbocycles. The number of hydrogen-bond donors (Lipinski definition) is 2. The number of aromatic amines is 1. The van der Waals surface area contributed by atoms with E-state index in [0.717, 1.165) is 48.7 Å². The minimum Gasteiger partial charge on any atom is -0.354 e. The highest BCUT2D eigenvalue weighted by Gasteiger charge is 2.35. The smallest absolute Gasteiger partial charge is 0.268 e. The minimum absolute atomic E-state index is 0.0722. The maximum atomic E-state index is 12.6. The van der Waals surface area contributed by atoms with Crippen molar-refractivity contribution in [2.24, 2.45) is 5.41 Å². The number of ketones is 1. The van der Waals surface area contributed by atoms with Crippen LogP contribution in [0.3, 0.4) is 0 Å². The Morgan fingerprint density at radius 1 is 1.32 bits per heavy atom. The molecule has 2 N–H and O–H groups in total. The summed E-state index contributed by atoms with van der Waals surface area (Å²) in [5.74, 6) is 1.69. The largest absolute Gasteiger partial charge is 0.354 e. The number of aromatic nitrogens is 4. The van der Waals surface area contributed by atoms with Gasteiger partial charge in [0.1, 0.15) is 11.5 Å². The number of rotatable bonds is 3. The van der Waals surface area contributed by atoms with E-state index in [1.165, 1.54) is 0 Å². The van der Waals surface area contributed by atoms with Crippen LogP contribution in [0.15, 0.2) is 0 Å². The highest BCUT2D eigenvalue weighted by Crippen LogP contribution is 2.36. The SMILES string of the molecule is Cc1c(C(=O)NCc2nnc3n2CCC3)[nH]c2c1C(=O)CC(C)(C)C2. The monoisotopic (exact) mass is 341 g/mol. The van der Waals surface area contributed by atoms with Gasteiger partial charge in [0.2, 0.25) is 0 Å². The molecule has 0 radical (unpaired) electrons. The molecule has 2 aliphatic rings. The molecular formula is C18H23N5O2. The molecule has 25 heavy (non-hydrogen) atoms. The molecule has 1 amide bonds. The fourth-order valence-corrected chi connectivity index (χ4v) is 4.05. The Labute approximate surface area is 146 Å². The Hall–Kier alpha value is -2.44. The third kappa shape index (κ3) is 2.67. The molecule has 0 spiro atoms. The summed E-state index contributed by atoms with van der Waals surface area (Å²) in [4.78, 5) is 28.3. The lowest BCUT2D eigenvalue weighted by atomic mass is 9.75. The van der Waals surface area contributed by atoms with Crippen LogP contribution >= 0.6 is 0 Å². The quantitative estimate of drug-likeness (QED) is 0.892. The van der Waals surface area contributed by atoms with E-state index in [1.807, 2.05) is 6.92 Å². The van der Waals surface area contributed by atoms with Crippen LogP contribution in [0.25, 0.3) is 0 Å². The van der Waals surface area contributed by atoms with Gasteiger partial charge in [-0.1, -0.05) is 13.8 Å². The van der Waals surface area contributed by atoms with Crippen LogP contribution in [-0.2, 0) is 25.9 Å². The van der Waals surface area contributed by atoms with Crippen molar-refractivity contribution < 1.29 is 9.59 Å². The van der Waals surface area contributed by atoms with Crippen molar-refractivity contribution in [3.63, 3.8) is 0 Å². The molecule has 0 saturated carbocycles. The third-order valence-electron chi connectivity index (χ3n) is 5.22. The maximum Gasteiger partial charge on any atom is 0.268 e. The Kier molecular flexibility index (Phi) is 3.56. The predicted molar refractivity (Wildman–Crippen MR) is 91.5 cm³/mol. The van der Waals surface area contributed by atoms with Crippen LogP contribution in [0.2, 0.25) is 0 Å². The van der Waals surface area contributed by atoms with Gasteiger partial charge in [-0.15, -0.1) is 10.2 Å². The van der Waals surface area contributed by atoms with Gasteiger partial charge in [-0.25, -0.2) is 0 Å². The lowest BCUT2D eigenvalue weighted by Crippen LogP contribution is -2.26. The van der Waals surface area contributed by atoms with E-state index >= 15 is 0 Å². The van der Waals surface area contributed by atoms with Crippen LogP contribution in [0.1, 0.15) is 70.4 Å². The molecule has 2 aromatic rings. The molecular weight excluding hydrogens is 318 g/mol. The highest BCUT2D eigenvalue weighted by molar-refractivity contribution is 6.04. The number of Topliss-reactive ketones (excluding diaryl/α,β-unsaturated/α-hetero) is 1. The number of fused-ring (bicyclic) bond motifs is 2. The van der Waals surface area contributed by atoms with E-state index in [9.17, 15) is 9.59 Å². The summed E-state index contributed by atoms with van der Waals surface area (Å²) in [6, 6.07) is 0. The second-order valence-electron chi connectivity index (χ2n) is 7.89. The van der Waals surface area contributed by atoms with Crippen LogP contribution in [-0.4, -0.2) is 31.4 Å². The van der Waals surface area contributed by atoms with Gasteiger partial charge >= 0.3 is 0 Å². The van der Waals surface area contributed by atoms with Gasteiger partial charge in [0, 0.05) is 30.6 Å². The number of H-pyrrole nitrogens is 1. The second-order valence-corrected chi connectivity index (χ2v) is 7.89. The fraction of sp³-hybridized carbons (Fsp3) is 0.556. The normalized spacial score (nSPS) is 18.1. The first-order valence-electron chi connectivity index (χ1n) is 8.79. The third-order valence-corrected chi connectivity index (χ3v) is 5.22. The summed E-state index contributed by atoms with van der Waals surface area (Å²) in [6.07, 6.45) is 3.32. The summed E-state index contributed by atoms with van der Waals surface area (Å²) in [6.45, 7) is 7.25. The minimum atomic E-state index is -0.201. The van der Waals surface area contributed by atoms with Gasteiger partial charge < -0.3 is 14.9 Å². The molecule has 7 heteroatoms. The van der Waals surface area contributed by atoms with E-state index in [0.29, 0.717) is 24.2 Å². The van der Waals surface area contributed by atoms with Crippen LogP contribution in [0.4, 0.5) is 0 Å². The zero-order chi connectivity index (χ0) is 17.8. The van der Waals surface area contributed by atoms with Gasteiger partial charge in [-0.05, 0) is 30.7 Å². The molecule has 1 aliphatic carbocycles. The summed E-state index contributed by atoms with van der Waals surface area (Å²) in [7, 11) is 0. The van der Waals surface area contributed by atoms with Crippen LogP contribution in [0, 0.1) is 12.3 Å². The molecule has 7 nitrogen and oxygen atoms in total. The number of nitrogens with zero attached hydrogens (tertiary/aromatic N) is 3. The van der Waals surface area contributed by atoms with Crippen LogP contribution < -0.4 is 5.32 Å². The Morgan fingerprint density at radius 2 is 2.12 bits per heavy atom. The van der Waals surface area contributed by atoms with E-state index in [2.05, 4.69) is 38.9 Å². The molecule has 2 aromatic heterocycles. The summed E-state index contributed by atoms with van der Waals surface area (Å²) in [5, 5.41) is 11.2. The van der Waals surface area contributed by atoms with Gasteiger partial charge in [-0.2, -0.15) is 0 Å². The van der Waals surface area contributed by atoms with Crippen LogP contribution in [0.5, 0.6) is 0 Å². The molecule has 0 unspecified atom stereocenters. The first kappa shape index (κ1) is 16.1. The van der Waals surface area contributed by atoms with Crippen molar-refractivity contribution in [3.8, 4) is 0 Å². The van der Waals surface area contributed by atoms with Gasteiger partial charge in [0.15, 0.2) is 11.6 Å². The molecule has 0 saturated heterocycles. The first-order valence-corrected chi connectivity index (χ1v) is 8.79. The standard InChI is InChI=1S/C18H23N5O2/c1-10-15-11(7-18(2,3)8-12(15)24)20-16(10)17(25)19-9-14-22-21-13-5-4-6-23(13)14/h20H,4-9H2,1-3H3,(H,19,25). The molecule has 3 heterocycles. The Bertz CT molecular complexity index is 874. The molecule has 0 atom stereocenters. The van der Waals surface area contributed by atoms with Gasteiger partial charge in [0.05, 0.1) is 6.54 Å². The number of amides is 1. The van der Waals surface area contributed by atoms with Crippen molar-refractivity contribution >= 4 is 11.7 Å². The lowest BCUT2D eigenvalue weighted by molar-refractivity contribution is 0.0909. The molecule has 4 rings (SSSR count). The van der Waals surface area contributed by atoms with Crippen molar-refractivity contribution in [1.29, 1.82) is 0 Å². The van der Waals surface area contributed by atoms with Crippen molar-refractivity contribution in [1.82, 2.24) is 25.1 Å². The molecule has 0 fully saturated rings. The zero-order valence-corrected chi connectivity index (χ0v) is 14.9. The van der Waals surface area contributed by atoms with Gasteiger partial charge in [-0.3, -0.25) is 9.59 Å². The number of nitrogens with one attached hydrogen (secondary N) is 2. The predicted octanol–water partition coefficient (Wildman–Crippen LogP) is 1.95. The average Bonchev–Trinajstić information content (AvgIpc) is 3.18. The van der Waals surface area contributed by atoms with E-state index in [-0.39, 0.29) is 17.1 Å². The molecule has 0 bridgehead atoms. The number of aryl methyl sites for hydroxylation is 1. The van der Waals surface area contributed by atoms with E-state index in [4.69, 9.17) is 0 Å². The Balaban J connectivity index is 1.54. The summed E-state index contributed by atoms with van der Waals surface area (Å²) >= 11 is 0. The molecule has 132 valence electrons. The highest BCUT2D eigenvalue weighted by atomic mass is 16.2. The maximum absolute atomic E-state index is 12.6. The topological polar surface area (TPSA) is 92.7 Å². The average molecular weight is 341 g/mol. The zero-order valence-electron chi connectivity index (χ0n) is 14.9. The van der Waals surface area contributed by atoms with Crippen molar-refractivity contribution in [2.45, 2.75) is 59.5 Å². The Morgan fingerprint density at radius 3 is 2.92 bits per heavy atom. The number of carbonyl (C=O) groups is 2. The fourth-order valence-electron chi connectivity index (χ4n) is 4.05. The summed E-state index contributed by atoms with van der Waals surface area (Å²) < 4.78 is 2.07. The van der Waals surface area contributed by atoms with E-state index in [1.54, 1.807) is 0 Å². The summed E-state index contributed by atoms with van der Waals surface area (Å²) in [5.41, 5.74) is 2.74.